The van der Waals surface area contributed by atoms with Crippen molar-refractivity contribution in [2.75, 3.05) is 42.6 Å². The lowest BCUT2D eigenvalue weighted by Crippen LogP contribution is -2.38. The van der Waals surface area contributed by atoms with Crippen LogP contribution in [0.25, 0.3) is 0 Å². The molecule has 150 valence electrons. The Bertz CT molecular complexity index is 940. The van der Waals surface area contributed by atoms with Crippen LogP contribution in [0.5, 0.6) is 0 Å². The maximum atomic E-state index is 12.9. The van der Waals surface area contributed by atoms with Gasteiger partial charge in [-0.1, -0.05) is 18.2 Å². The minimum Gasteiger partial charge on any atom is -0.378 e. The average molecular weight is 402 g/mol. The third kappa shape index (κ3) is 4.47. The number of carbonyl (C=O) groups is 1. The van der Waals surface area contributed by atoms with Crippen LogP contribution in [0.4, 0.5) is 11.4 Å². The fourth-order valence-corrected chi connectivity index (χ4v) is 4.97. The Morgan fingerprint density at radius 1 is 1.04 bits per heavy atom. The van der Waals surface area contributed by atoms with Crippen molar-refractivity contribution in [1.82, 2.24) is 4.90 Å². The highest BCUT2D eigenvalue weighted by atomic mass is 32.2. The van der Waals surface area contributed by atoms with E-state index in [1.54, 1.807) is 36.2 Å². The van der Waals surface area contributed by atoms with Crippen molar-refractivity contribution < 1.29 is 13.2 Å². The number of hydrogen-bond donors (Lipinski definition) is 0. The number of carbonyl (C=O) groups excluding carboxylic acids is 1. The molecule has 0 bridgehead atoms. The summed E-state index contributed by atoms with van der Waals surface area (Å²) in [5.41, 5.74) is 3.20. The first kappa shape index (κ1) is 20.2. The van der Waals surface area contributed by atoms with E-state index in [9.17, 15) is 13.2 Å². The van der Waals surface area contributed by atoms with E-state index in [1.807, 2.05) is 43.3 Å². The molecule has 2 aromatic rings. The van der Waals surface area contributed by atoms with E-state index in [1.165, 1.54) is 4.31 Å². The molecule has 1 aliphatic rings. The molecule has 1 amide bonds. The van der Waals surface area contributed by atoms with Gasteiger partial charge < -0.3 is 9.80 Å². The summed E-state index contributed by atoms with van der Waals surface area (Å²) < 4.78 is 26.1. The van der Waals surface area contributed by atoms with Gasteiger partial charge in [0.05, 0.1) is 11.4 Å². The molecule has 2 aromatic carbocycles. The molecule has 3 rings (SSSR count). The van der Waals surface area contributed by atoms with E-state index in [2.05, 4.69) is 0 Å². The van der Waals surface area contributed by atoms with E-state index < -0.39 is 10.0 Å². The number of benzene rings is 2. The molecule has 28 heavy (non-hydrogen) atoms. The fraction of sp³-hybridized carbons (Fsp3) is 0.381. The average Bonchev–Trinajstić information content (AvgIpc) is 2.67. The number of rotatable bonds is 5. The van der Waals surface area contributed by atoms with Gasteiger partial charge in [-0.2, -0.15) is 0 Å². The Balaban J connectivity index is 1.75. The van der Waals surface area contributed by atoms with Crippen LogP contribution in [-0.2, 0) is 16.6 Å². The smallest absolute Gasteiger partial charge is 0.253 e. The Morgan fingerprint density at radius 3 is 2.39 bits per heavy atom. The standard InChI is InChI=1S/C21H27N3O3S/c1-22(2)19-11-9-17(10-12-19)16-23(3)21(25)18-7-6-8-20(15-18)24-13-4-5-14-28(24,26)27/h6-12,15H,4-5,13-14,16H2,1-3H3. The molecule has 0 aliphatic carbocycles. The van der Waals surface area contributed by atoms with E-state index >= 15 is 0 Å². The van der Waals surface area contributed by atoms with Crippen molar-refractivity contribution >= 4 is 27.3 Å². The Morgan fingerprint density at radius 2 is 1.75 bits per heavy atom. The Labute approximate surface area is 167 Å². The summed E-state index contributed by atoms with van der Waals surface area (Å²) in [6.45, 7) is 0.951. The van der Waals surface area contributed by atoms with Crippen molar-refractivity contribution in [2.45, 2.75) is 19.4 Å². The Hall–Kier alpha value is -2.54. The van der Waals surface area contributed by atoms with Crippen molar-refractivity contribution in [3.63, 3.8) is 0 Å². The van der Waals surface area contributed by atoms with Gasteiger partial charge in [-0.05, 0) is 48.7 Å². The maximum Gasteiger partial charge on any atom is 0.253 e. The molecule has 7 heteroatoms. The number of nitrogens with zero attached hydrogens (tertiary/aromatic N) is 3. The lowest BCUT2D eigenvalue weighted by Gasteiger charge is -2.28. The molecule has 0 atom stereocenters. The number of amides is 1. The SMILES string of the molecule is CN(Cc1ccc(N(C)C)cc1)C(=O)c1cccc(N2CCCCS2(=O)=O)c1. The minimum absolute atomic E-state index is 0.132. The molecule has 0 spiro atoms. The normalized spacial score (nSPS) is 15.9. The second-order valence-corrected chi connectivity index (χ2v) is 9.38. The van der Waals surface area contributed by atoms with E-state index in [-0.39, 0.29) is 11.7 Å². The van der Waals surface area contributed by atoms with Crippen molar-refractivity contribution in [3.05, 3.63) is 59.7 Å². The summed E-state index contributed by atoms with van der Waals surface area (Å²) in [7, 11) is 2.43. The van der Waals surface area contributed by atoms with Gasteiger partial charge in [0.15, 0.2) is 0 Å². The highest BCUT2D eigenvalue weighted by Gasteiger charge is 2.26. The molecule has 1 saturated heterocycles. The predicted octanol–water partition coefficient (Wildman–Crippen LogP) is 2.95. The largest absolute Gasteiger partial charge is 0.378 e. The molecule has 0 unspecified atom stereocenters. The van der Waals surface area contributed by atoms with Crippen LogP contribution < -0.4 is 9.21 Å². The van der Waals surface area contributed by atoms with Gasteiger partial charge in [0, 0.05) is 45.5 Å². The lowest BCUT2D eigenvalue weighted by molar-refractivity contribution is 0.0785. The molecular formula is C21H27N3O3S. The molecule has 1 heterocycles. The summed E-state index contributed by atoms with van der Waals surface area (Å²) in [4.78, 5) is 16.5. The van der Waals surface area contributed by atoms with Crippen LogP contribution in [0.1, 0.15) is 28.8 Å². The van der Waals surface area contributed by atoms with Gasteiger partial charge >= 0.3 is 0 Å². The maximum absolute atomic E-state index is 12.9. The zero-order valence-electron chi connectivity index (χ0n) is 16.6. The molecule has 6 nitrogen and oxygen atoms in total. The molecule has 0 N–H and O–H groups in total. The first-order valence-corrected chi connectivity index (χ1v) is 11.0. The van der Waals surface area contributed by atoms with Crippen LogP contribution in [-0.4, -0.2) is 52.7 Å². The lowest BCUT2D eigenvalue weighted by atomic mass is 10.1. The Kier molecular flexibility index (Phi) is 5.93. The minimum atomic E-state index is -3.29. The van der Waals surface area contributed by atoms with Crippen molar-refractivity contribution in [3.8, 4) is 0 Å². The molecular weight excluding hydrogens is 374 g/mol. The fourth-order valence-electron chi connectivity index (χ4n) is 3.34. The zero-order valence-corrected chi connectivity index (χ0v) is 17.4. The van der Waals surface area contributed by atoms with Crippen LogP contribution in [0.15, 0.2) is 48.5 Å². The predicted molar refractivity (Wildman–Crippen MR) is 113 cm³/mol. The molecule has 0 aromatic heterocycles. The second-order valence-electron chi connectivity index (χ2n) is 7.37. The molecule has 0 radical (unpaired) electrons. The van der Waals surface area contributed by atoms with Gasteiger partial charge in [0.1, 0.15) is 0 Å². The summed E-state index contributed by atoms with van der Waals surface area (Å²) in [6, 6.07) is 15.0. The highest BCUT2D eigenvalue weighted by Crippen LogP contribution is 2.25. The number of anilines is 2. The third-order valence-corrected chi connectivity index (χ3v) is 6.82. The van der Waals surface area contributed by atoms with Gasteiger partial charge in [0.2, 0.25) is 10.0 Å². The number of hydrogen-bond acceptors (Lipinski definition) is 4. The van der Waals surface area contributed by atoms with Gasteiger partial charge in [-0.25, -0.2) is 8.42 Å². The molecule has 1 fully saturated rings. The first-order valence-electron chi connectivity index (χ1n) is 9.40. The highest BCUT2D eigenvalue weighted by molar-refractivity contribution is 7.92. The van der Waals surface area contributed by atoms with E-state index in [0.717, 1.165) is 17.7 Å². The van der Waals surface area contributed by atoms with Crippen LogP contribution in [0, 0.1) is 0 Å². The summed E-state index contributed by atoms with van der Waals surface area (Å²) in [6.07, 6.45) is 1.52. The van der Waals surface area contributed by atoms with Crippen LogP contribution >= 0.6 is 0 Å². The number of sulfonamides is 1. The topological polar surface area (TPSA) is 60.9 Å². The molecule has 0 saturated carbocycles. The van der Waals surface area contributed by atoms with E-state index in [4.69, 9.17) is 0 Å². The molecule has 1 aliphatic heterocycles. The second kappa shape index (κ2) is 8.22. The zero-order chi connectivity index (χ0) is 20.3. The summed E-state index contributed by atoms with van der Waals surface area (Å²) >= 11 is 0. The van der Waals surface area contributed by atoms with Crippen LogP contribution in [0.2, 0.25) is 0 Å². The van der Waals surface area contributed by atoms with Gasteiger partial charge in [-0.3, -0.25) is 9.10 Å². The monoisotopic (exact) mass is 401 g/mol. The summed E-state index contributed by atoms with van der Waals surface area (Å²) in [5.74, 6) is 0.0292. The van der Waals surface area contributed by atoms with Crippen LogP contribution in [0.3, 0.4) is 0 Å². The van der Waals surface area contributed by atoms with E-state index in [0.29, 0.717) is 30.8 Å². The first-order chi connectivity index (χ1) is 13.3. The van der Waals surface area contributed by atoms with Crippen molar-refractivity contribution in [2.24, 2.45) is 0 Å². The third-order valence-electron chi connectivity index (χ3n) is 4.95. The van der Waals surface area contributed by atoms with Crippen molar-refractivity contribution in [1.29, 1.82) is 0 Å². The quantitative estimate of drug-likeness (QED) is 0.773. The van der Waals surface area contributed by atoms with Gasteiger partial charge in [-0.15, -0.1) is 0 Å². The van der Waals surface area contributed by atoms with Gasteiger partial charge in [0.25, 0.3) is 5.91 Å². The summed E-state index contributed by atoms with van der Waals surface area (Å²) in [5, 5.41) is 0.